The van der Waals surface area contributed by atoms with Crippen LogP contribution in [0.2, 0.25) is 0 Å². The molecule has 0 saturated carbocycles. The second-order valence-electron chi connectivity index (χ2n) is 5.43. The first kappa shape index (κ1) is 14.7. The molecule has 100 valence electrons. The molecule has 0 amide bonds. The monoisotopic (exact) mass is 251 g/mol. The number of hydrogen-bond donors (Lipinski definition) is 2. The molecular formula is C14H21NO3. The van der Waals surface area contributed by atoms with Crippen LogP contribution < -0.4 is 5.73 Å². The number of esters is 1. The molecule has 0 bridgehead atoms. The Kier molecular flexibility index (Phi) is 4.87. The van der Waals surface area contributed by atoms with Crippen molar-refractivity contribution in [2.24, 2.45) is 11.1 Å². The van der Waals surface area contributed by atoms with E-state index in [1.165, 1.54) is 0 Å². The number of benzene rings is 1. The quantitative estimate of drug-likeness (QED) is 0.795. The summed E-state index contributed by atoms with van der Waals surface area (Å²) < 4.78 is 5.08. The summed E-state index contributed by atoms with van der Waals surface area (Å²) >= 11 is 0. The fourth-order valence-electron chi connectivity index (χ4n) is 1.49. The molecule has 1 aromatic carbocycles. The molecule has 0 saturated heterocycles. The predicted molar refractivity (Wildman–Crippen MR) is 69.7 cm³/mol. The van der Waals surface area contributed by atoms with Crippen LogP contribution >= 0.6 is 0 Å². The molecule has 0 aromatic heterocycles. The zero-order chi connectivity index (χ0) is 13.8. The van der Waals surface area contributed by atoms with Gasteiger partial charge in [-0.2, -0.15) is 0 Å². The van der Waals surface area contributed by atoms with Gasteiger partial charge in [0.05, 0.1) is 6.10 Å². The van der Waals surface area contributed by atoms with Gasteiger partial charge in [0.25, 0.3) is 0 Å². The van der Waals surface area contributed by atoms with Gasteiger partial charge in [-0.15, -0.1) is 0 Å². The first-order valence-corrected chi connectivity index (χ1v) is 5.96. The van der Waals surface area contributed by atoms with Gasteiger partial charge in [0, 0.05) is 0 Å². The lowest BCUT2D eigenvalue weighted by molar-refractivity contribution is -0.151. The van der Waals surface area contributed by atoms with E-state index in [2.05, 4.69) is 0 Å². The molecule has 2 atom stereocenters. The molecule has 0 unspecified atom stereocenters. The Labute approximate surface area is 108 Å². The summed E-state index contributed by atoms with van der Waals surface area (Å²) in [7, 11) is 0. The minimum atomic E-state index is -1.02. The van der Waals surface area contributed by atoms with Gasteiger partial charge in [-0.1, -0.05) is 51.1 Å². The molecule has 18 heavy (non-hydrogen) atoms. The third-order valence-corrected chi connectivity index (χ3v) is 2.72. The van der Waals surface area contributed by atoms with Crippen molar-refractivity contribution in [2.45, 2.75) is 39.5 Å². The second kappa shape index (κ2) is 5.98. The number of aliphatic hydroxyl groups excluding tert-OH is 1. The van der Waals surface area contributed by atoms with Gasteiger partial charge in [-0.25, -0.2) is 0 Å². The van der Waals surface area contributed by atoms with E-state index >= 15 is 0 Å². The Bertz CT molecular complexity index is 384. The summed E-state index contributed by atoms with van der Waals surface area (Å²) in [5.41, 5.74) is 6.13. The van der Waals surface area contributed by atoms with Crippen molar-refractivity contribution in [1.82, 2.24) is 0 Å². The topological polar surface area (TPSA) is 72.5 Å². The summed E-state index contributed by atoms with van der Waals surface area (Å²) in [4.78, 5) is 11.7. The van der Waals surface area contributed by atoms with E-state index < -0.39 is 23.5 Å². The zero-order valence-corrected chi connectivity index (χ0v) is 11.1. The zero-order valence-electron chi connectivity index (χ0n) is 11.1. The minimum absolute atomic E-state index is 0.171. The smallest absolute Gasteiger partial charge is 0.325 e. The Balaban J connectivity index is 2.51. The number of nitrogens with two attached hydrogens (primary N) is 1. The van der Waals surface area contributed by atoms with Crippen molar-refractivity contribution in [2.75, 3.05) is 0 Å². The van der Waals surface area contributed by atoms with Crippen molar-refractivity contribution >= 4 is 5.97 Å². The maximum atomic E-state index is 11.7. The van der Waals surface area contributed by atoms with Crippen LogP contribution in [-0.4, -0.2) is 23.2 Å². The Morgan fingerprint density at radius 1 is 1.33 bits per heavy atom. The second-order valence-corrected chi connectivity index (χ2v) is 5.43. The molecular weight excluding hydrogens is 230 g/mol. The third kappa shape index (κ3) is 4.13. The highest BCUT2D eigenvalue weighted by Crippen LogP contribution is 2.21. The van der Waals surface area contributed by atoms with Crippen LogP contribution in [0.1, 0.15) is 26.3 Å². The fourth-order valence-corrected chi connectivity index (χ4v) is 1.49. The normalized spacial score (nSPS) is 14.9. The molecule has 0 fully saturated rings. The Morgan fingerprint density at radius 3 is 2.39 bits per heavy atom. The van der Waals surface area contributed by atoms with Gasteiger partial charge in [0.2, 0.25) is 0 Å². The van der Waals surface area contributed by atoms with Crippen molar-refractivity contribution in [1.29, 1.82) is 0 Å². The molecule has 0 aliphatic carbocycles. The average Bonchev–Trinajstić information content (AvgIpc) is 2.34. The Morgan fingerprint density at radius 2 is 1.89 bits per heavy atom. The van der Waals surface area contributed by atoms with Gasteiger partial charge in [-0.3, -0.25) is 4.79 Å². The van der Waals surface area contributed by atoms with Crippen LogP contribution in [0, 0.1) is 5.41 Å². The van der Waals surface area contributed by atoms with E-state index in [9.17, 15) is 9.90 Å². The number of carbonyl (C=O) groups excluding carboxylic acids is 1. The van der Waals surface area contributed by atoms with Gasteiger partial charge in [0.1, 0.15) is 12.6 Å². The molecule has 1 aromatic rings. The lowest BCUT2D eigenvalue weighted by atomic mass is 9.85. The van der Waals surface area contributed by atoms with E-state index in [0.717, 1.165) is 5.56 Å². The SMILES string of the molecule is CC(C)(C)[C@H](O)[C@H](N)C(=O)OCc1ccccc1. The molecule has 0 radical (unpaired) electrons. The first-order valence-electron chi connectivity index (χ1n) is 5.96. The van der Waals surface area contributed by atoms with Crippen LogP contribution in [-0.2, 0) is 16.1 Å². The van der Waals surface area contributed by atoms with Crippen LogP contribution in [0.4, 0.5) is 0 Å². The molecule has 4 heteroatoms. The van der Waals surface area contributed by atoms with Crippen molar-refractivity contribution in [3.05, 3.63) is 35.9 Å². The minimum Gasteiger partial charge on any atom is -0.460 e. The largest absolute Gasteiger partial charge is 0.460 e. The van der Waals surface area contributed by atoms with E-state index in [4.69, 9.17) is 10.5 Å². The standard InChI is InChI=1S/C14H21NO3/c1-14(2,3)12(16)11(15)13(17)18-9-10-7-5-4-6-8-10/h4-8,11-12,16H,9,15H2,1-3H3/t11-,12+/m0/s1. The number of carbonyl (C=O) groups is 1. The van der Waals surface area contributed by atoms with Crippen LogP contribution in [0.25, 0.3) is 0 Å². The first-order chi connectivity index (χ1) is 8.32. The molecule has 0 aliphatic rings. The molecule has 0 heterocycles. The number of rotatable bonds is 4. The summed E-state index contributed by atoms with van der Waals surface area (Å²) in [6.07, 6.45) is -0.930. The molecule has 1 rings (SSSR count). The lowest BCUT2D eigenvalue weighted by Gasteiger charge is -2.29. The van der Waals surface area contributed by atoms with E-state index in [1.54, 1.807) is 0 Å². The Hall–Kier alpha value is -1.39. The number of hydrogen-bond acceptors (Lipinski definition) is 4. The van der Waals surface area contributed by atoms with E-state index in [1.807, 2.05) is 51.1 Å². The van der Waals surface area contributed by atoms with Gasteiger partial charge >= 0.3 is 5.97 Å². The third-order valence-electron chi connectivity index (χ3n) is 2.72. The number of ether oxygens (including phenoxy) is 1. The van der Waals surface area contributed by atoms with Crippen molar-refractivity contribution < 1.29 is 14.6 Å². The van der Waals surface area contributed by atoms with Crippen LogP contribution in [0.3, 0.4) is 0 Å². The highest BCUT2D eigenvalue weighted by Gasteiger charge is 2.33. The molecule has 0 spiro atoms. The lowest BCUT2D eigenvalue weighted by Crippen LogP contribution is -2.49. The molecule has 4 nitrogen and oxygen atoms in total. The van der Waals surface area contributed by atoms with E-state index in [-0.39, 0.29) is 6.61 Å². The van der Waals surface area contributed by atoms with Gasteiger partial charge in [-0.05, 0) is 11.0 Å². The van der Waals surface area contributed by atoms with E-state index in [0.29, 0.717) is 0 Å². The highest BCUT2D eigenvalue weighted by molar-refractivity contribution is 5.76. The summed E-state index contributed by atoms with van der Waals surface area (Å²) in [5, 5.41) is 9.90. The van der Waals surface area contributed by atoms with Gasteiger partial charge in [0.15, 0.2) is 0 Å². The van der Waals surface area contributed by atoms with Crippen LogP contribution in [0.15, 0.2) is 30.3 Å². The average molecular weight is 251 g/mol. The fraction of sp³-hybridized carbons (Fsp3) is 0.500. The molecule has 3 N–H and O–H groups in total. The number of aliphatic hydroxyl groups is 1. The van der Waals surface area contributed by atoms with Crippen LogP contribution in [0.5, 0.6) is 0 Å². The van der Waals surface area contributed by atoms with Crippen molar-refractivity contribution in [3.63, 3.8) is 0 Å². The maximum absolute atomic E-state index is 11.7. The van der Waals surface area contributed by atoms with Crippen molar-refractivity contribution in [3.8, 4) is 0 Å². The van der Waals surface area contributed by atoms with Gasteiger partial charge < -0.3 is 15.6 Å². The summed E-state index contributed by atoms with van der Waals surface area (Å²) in [6.45, 7) is 5.64. The predicted octanol–water partition coefficient (Wildman–Crippen LogP) is 1.46. The summed E-state index contributed by atoms with van der Waals surface area (Å²) in [5.74, 6) is -0.582. The maximum Gasteiger partial charge on any atom is 0.325 e. The highest BCUT2D eigenvalue weighted by atomic mass is 16.5. The molecule has 0 aliphatic heterocycles. The summed E-state index contributed by atoms with van der Waals surface area (Å²) in [6, 6.07) is 8.33.